The van der Waals surface area contributed by atoms with Crippen molar-refractivity contribution in [3.8, 4) is 5.75 Å². The highest BCUT2D eigenvalue weighted by atomic mass is 79.9. The van der Waals surface area contributed by atoms with Gasteiger partial charge in [-0.2, -0.15) is 0 Å². The summed E-state index contributed by atoms with van der Waals surface area (Å²) in [4.78, 5) is 0. The lowest BCUT2D eigenvalue weighted by Gasteiger charge is -2.12. The van der Waals surface area contributed by atoms with E-state index in [0.717, 1.165) is 5.75 Å². The molecule has 2 heterocycles. The molecular formula is C17H25BrCl2OS2. The first-order chi connectivity index (χ1) is 10.3. The normalized spacial score (nSPS) is 18.5. The lowest BCUT2D eigenvalue weighted by molar-refractivity contribution is -0.00100. The summed E-state index contributed by atoms with van der Waals surface area (Å²) in [5, 5.41) is 0. The van der Waals surface area contributed by atoms with E-state index in [1.54, 1.807) is 0 Å². The Labute approximate surface area is 167 Å². The van der Waals surface area contributed by atoms with Gasteiger partial charge in [-0.15, -0.1) is 0 Å². The van der Waals surface area contributed by atoms with E-state index in [-0.39, 0.29) is 24.8 Å². The molecule has 1 nitrogen and oxygen atoms in total. The van der Waals surface area contributed by atoms with Gasteiger partial charge in [-0.1, -0.05) is 15.9 Å². The van der Waals surface area contributed by atoms with E-state index in [9.17, 15) is 0 Å². The predicted octanol–water partition coefficient (Wildman–Crippen LogP) is -1.71. The number of hydrogen-bond donors (Lipinski definition) is 0. The average molecular weight is 460 g/mol. The van der Waals surface area contributed by atoms with Crippen LogP contribution in [0.25, 0.3) is 0 Å². The van der Waals surface area contributed by atoms with Crippen LogP contribution in [0.3, 0.4) is 0 Å². The molecule has 0 spiro atoms. The van der Waals surface area contributed by atoms with Gasteiger partial charge in [-0.3, -0.25) is 0 Å². The van der Waals surface area contributed by atoms with Crippen LogP contribution >= 0.6 is 15.9 Å². The monoisotopic (exact) mass is 458 g/mol. The molecule has 23 heavy (non-hydrogen) atoms. The average Bonchev–Trinajstić information content (AvgIpc) is 3.15. The fourth-order valence-electron chi connectivity index (χ4n) is 3.21. The van der Waals surface area contributed by atoms with Gasteiger partial charge in [0.1, 0.15) is 40.3 Å². The summed E-state index contributed by atoms with van der Waals surface area (Å²) in [7, 11) is 3.02. The van der Waals surface area contributed by atoms with Crippen molar-refractivity contribution in [3.05, 3.63) is 27.7 Å². The van der Waals surface area contributed by atoms with Gasteiger partial charge in [0.05, 0.1) is 7.11 Å². The fourth-order valence-corrected chi connectivity index (χ4v) is 8.70. The molecule has 1 aromatic carbocycles. The topological polar surface area (TPSA) is 9.23 Å². The van der Waals surface area contributed by atoms with Crippen LogP contribution in [0, 0.1) is 0 Å². The summed E-state index contributed by atoms with van der Waals surface area (Å²) in [6.45, 7) is 0. The summed E-state index contributed by atoms with van der Waals surface area (Å²) in [6, 6.07) is 4.66. The Kier molecular flexibility index (Phi) is 10.2. The van der Waals surface area contributed by atoms with Crippen LogP contribution < -0.4 is 29.6 Å². The highest BCUT2D eigenvalue weighted by Gasteiger charge is 2.28. The maximum atomic E-state index is 5.70. The lowest BCUT2D eigenvalue weighted by atomic mass is 10.1. The quantitative estimate of drug-likeness (QED) is 0.476. The van der Waals surface area contributed by atoms with Gasteiger partial charge in [0, 0.05) is 15.6 Å². The van der Waals surface area contributed by atoms with Gasteiger partial charge in [-0.25, -0.2) is 0 Å². The molecule has 1 aromatic rings. The molecule has 0 bridgehead atoms. The van der Waals surface area contributed by atoms with Crippen LogP contribution in [0.5, 0.6) is 5.75 Å². The highest BCUT2D eigenvalue weighted by molar-refractivity contribution is 9.10. The third-order valence-corrected chi connectivity index (χ3v) is 10.0. The molecule has 0 atom stereocenters. The Morgan fingerprint density at radius 1 is 0.870 bits per heavy atom. The van der Waals surface area contributed by atoms with E-state index in [0.29, 0.717) is 21.8 Å². The summed E-state index contributed by atoms with van der Waals surface area (Å²) < 4.78 is 7.01. The third-order valence-electron chi connectivity index (χ3n) is 4.40. The van der Waals surface area contributed by atoms with Crippen LogP contribution in [0.15, 0.2) is 16.6 Å². The minimum atomic E-state index is 0. The number of ether oxygens (including phenoxy) is 1. The Morgan fingerprint density at radius 2 is 1.35 bits per heavy atom. The third kappa shape index (κ3) is 5.91. The number of rotatable bonds is 5. The van der Waals surface area contributed by atoms with Gasteiger partial charge in [0.15, 0.2) is 0 Å². The molecule has 3 rings (SSSR count). The molecule has 132 valence electrons. The van der Waals surface area contributed by atoms with Crippen molar-refractivity contribution in [2.45, 2.75) is 37.2 Å². The SMILES string of the molecule is COc1cc(C[S+]2CCCC2)c(Br)cc1C[S+]1CCCC1.[Cl-].[Cl-]. The smallest absolute Gasteiger partial charge is 0.136 e. The van der Waals surface area contributed by atoms with Gasteiger partial charge in [-0.05, 0) is 59.6 Å². The fraction of sp³-hybridized carbons (Fsp3) is 0.647. The van der Waals surface area contributed by atoms with Crippen LogP contribution in [0.2, 0.25) is 0 Å². The van der Waals surface area contributed by atoms with E-state index in [2.05, 4.69) is 28.1 Å². The summed E-state index contributed by atoms with van der Waals surface area (Å²) in [5.41, 5.74) is 2.86. The summed E-state index contributed by atoms with van der Waals surface area (Å²) >= 11 is 3.82. The maximum Gasteiger partial charge on any atom is 0.136 e. The molecule has 6 heteroatoms. The molecule has 0 unspecified atom stereocenters. The molecule has 2 aliphatic heterocycles. The molecule has 0 radical (unpaired) electrons. The van der Waals surface area contributed by atoms with Crippen molar-refractivity contribution in [2.24, 2.45) is 0 Å². The zero-order valence-corrected chi connectivity index (χ0v) is 18.3. The zero-order chi connectivity index (χ0) is 14.7. The van der Waals surface area contributed by atoms with Crippen molar-refractivity contribution >= 4 is 37.7 Å². The van der Waals surface area contributed by atoms with Crippen molar-refractivity contribution in [1.29, 1.82) is 0 Å². The van der Waals surface area contributed by atoms with E-state index >= 15 is 0 Å². The van der Waals surface area contributed by atoms with Gasteiger partial charge in [0.2, 0.25) is 0 Å². The van der Waals surface area contributed by atoms with E-state index in [1.165, 1.54) is 75.8 Å². The lowest BCUT2D eigenvalue weighted by Crippen LogP contribution is -3.00. The van der Waals surface area contributed by atoms with Gasteiger partial charge in [0.25, 0.3) is 0 Å². The molecule has 0 amide bonds. The first kappa shape index (κ1) is 21.8. The number of benzene rings is 1. The minimum absolute atomic E-state index is 0. The first-order valence-corrected chi connectivity index (χ1v) is 12.2. The predicted molar refractivity (Wildman–Crippen MR) is 101 cm³/mol. The Bertz CT molecular complexity index is 490. The maximum absolute atomic E-state index is 5.70. The van der Waals surface area contributed by atoms with Gasteiger partial charge >= 0.3 is 0 Å². The molecule has 2 fully saturated rings. The Morgan fingerprint density at radius 3 is 1.83 bits per heavy atom. The van der Waals surface area contributed by atoms with Crippen molar-refractivity contribution in [3.63, 3.8) is 0 Å². The molecule has 0 N–H and O–H groups in total. The molecule has 0 aromatic heterocycles. The second-order valence-corrected chi connectivity index (χ2v) is 11.5. The standard InChI is InChI=1S/C17H25BrOS2.2ClH/c1-19-17-11-14(12-20-6-2-3-7-20)16(18)10-15(17)13-21-8-4-5-9-21;;/h10-11H,2-9,12-13H2,1H3;2*1H/q+2;;/p-2. The first-order valence-electron chi connectivity index (χ1n) is 7.90. The summed E-state index contributed by atoms with van der Waals surface area (Å²) in [6.07, 6.45) is 5.71. The number of hydrogen-bond acceptors (Lipinski definition) is 1. The molecule has 2 saturated heterocycles. The second-order valence-electron chi connectivity index (χ2n) is 6.00. The highest BCUT2D eigenvalue weighted by Crippen LogP contribution is 2.33. The summed E-state index contributed by atoms with van der Waals surface area (Å²) in [5.74, 6) is 9.28. The molecule has 0 saturated carbocycles. The van der Waals surface area contributed by atoms with Crippen molar-refractivity contribution in [2.75, 3.05) is 30.1 Å². The van der Waals surface area contributed by atoms with E-state index < -0.39 is 0 Å². The largest absolute Gasteiger partial charge is 1.00 e. The molecular weight excluding hydrogens is 435 g/mol. The van der Waals surface area contributed by atoms with E-state index in [1.807, 2.05) is 7.11 Å². The van der Waals surface area contributed by atoms with E-state index in [4.69, 9.17) is 4.74 Å². The van der Waals surface area contributed by atoms with Crippen molar-refractivity contribution < 1.29 is 29.6 Å². The molecule has 2 aliphatic rings. The van der Waals surface area contributed by atoms with Crippen LogP contribution in [0.1, 0.15) is 36.8 Å². The minimum Gasteiger partial charge on any atom is -1.00 e. The van der Waals surface area contributed by atoms with Crippen LogP contribution in [0.4, 0.5) is 0 Å². The van der Waals surface area contributed by atoms with Crippen LogP contribution in [-0.4, -0.2) is 30.1 Å². The van der Waals surface area contributed by atoms with Crippen molar-refractivity contribution in [1.82, 2.24) is 0 Å². The van der Waals surface area contributed by atoms with Crippen LogP contribution in [-0.2, 0) is 33.3 Å². The Hall–Kier alpha value is 0.780. The number of halogens is 3. The number of methoxy groups -OCH3 is 1. The Balaban J connectivity index is 0.00000132. The van der Waals surface area contributed by atoms with Gasteiger partial charge < -0.3 is 29.6 Å². The zero-order valence-electron chi connectivity index (χ0n) is 13.6. The molecule has 0 aliphatic carbocycles. The second kappa shape index (κ2) is 10.7.